The molecule has 0 saturated heterocycles. The SMILES string of the molecule is O=C(O)Cc1c(Br)ccc2c1COCO2. The molecule has 0 spiro atoms. The van der Waals surface area contributed by atoms with E-state index in [9.17, 15) is 4.79 Å². The first-order valence-corrected chi connectivity index (χ1v) is 5.20. The van der Waals surface area contributed by atoms with E-state index in [2.05, 4.69) is 15.9 Å². The lowest BCUT2D eigenvalue weighted by molar-refractivity contribution is -0.136. The number of carbonyl (C=O) groups is 1. The maximum atomic E-state index is 10.7. The molecule has 0 unspecified atom stereocenters. The highest BCUT2D eigenvalue weighted by Gasteiger charge is 2.18. The van der Waals surface area contributed by atoms with E-state index >= 15 is 0 Å². The van der Waals surface area contributed by atoms with Crippen LogP contribution >= 0.6 is 15.9 Å². The summed E-state index contributed by atoms with van der Waals surface area (Å²) < 4.78 is 11.2. The molecular weight excluding hydrogens is 264 g/mol. The number of hydrogen-bond donors (Lipinski definition) is 1. The van der Waals surface area contributed by atoms with Crippen LogP contribution in [0.3, 0.4) is 0 Å². The predicted octanol–water partition coefficient (Wildman–Crippen LogP) is 1.94. The monoisotopic (exact) mass is 272 g/mol. The molecule has 1 aromatic rings. The predicted molar refractivity (Wildman–Crippen MR) is 55.8 cm³/mol. The molecule has 4 nitrogen and oxygen atoms in total. The standard InChI is InChI=1S/C10H9BrO4/c11-8-1-2-9-7(4-14-5-15-9)6(8)3-10(12)13/h1-2H,3-5H2,(H,12,13). The Hall–Kier alpha value is -1.07. The minimum atomic E-state index is -0.866. The van der Waals surface area contributed by atoms with Crippen molar-refractivity contribution in [2.24, 2.45) is 0 Å². The van der Waals surface area contributed by atoms with Gasteiger partial charge >= 0.3 is 5.97 Å². The third-order valence-electron chi connectivity index (χ3n) is 2.20. The molecule has 15 heavy (non-hydrogen) atoms. The van der Waals surface area contributed by atoms with Crippen LogP contribution in [-0.4, -0.2) is 17.9 Å². The number of ether oxygens (including phenoxy) is 2. The lowest BCUT2D eigenvalue weighted by Crippen LogP contribution is -2.15. The number of hydrogen-bond acceptors (Lipinski definition) is 3. The first-order valence-electron chi connectivity index (χ1n) is 4.41. The van der Waals surface area contributed by atoms with Crippen molar-refractivity contribution in [1.82, 2.24) is 0 Å². The van der Waals surface area contributed by atoms with Gasteiger partial charge in [0.25, 0.3) is 0 Å². The van der Waals surface area contributed by atoms with Crippen LogP contribution in [0.5, 0.6) is 5.75 Å². The summed E-state index contributed by atoms with van der Waals surface area (Å²) in [5.74, 6) is -0.157. The summed E-state index contributed by atoms with van der Waals surface area (Å²) in [7, 11) is 0. The third kappa shape index (κ3) is 2.13. The zero-order chi connectivity index (χ0) is 10.8. The largest absolute Gasteiger partial charge is 0.481 e. The van der Waals surface area contributed by atoms with Gasteiger partial charge in [-0.15, -0.1) is 0 Å². The Morgan fingerprint density at radius 3 is 3.07 bits per heavy atom. The molecule has 0 saturated carbocycles. The number of aliphatic carboxylic acids is 1. The Bertz CT molecular complexity index is 403. The molecule has 1 aliphatic rings. The number of carboxylic acids is 1. The lowest BCUT2D eigenvalue weighted by Gasteiger charge is -2.20. The van der Waals surface area contributed by atoms with E-state index in [4.69, 9.17) is 14.6 Å². The number of halogens is 1. The summed E-state index contributed by atoms with van der Waals surface area (Å²) in [5, 5.41) is 8.79. The minimum absolute atomic E-state index is 0.0313. The normalized spacial score (nSPS) is 14.2. The Kier molecular flexibility index (Phi) is 2.93. The molecule has 5 heteroatoms. The zero-order valence-electron chi connectivity index (χ0n) is 7.83. The fraction of sp³-hybridized carbons (Fsp3) is 0.300. The van der Waals surface area contributed by atoms with Gasteiger partial charge in [0.15, 0.2) is 6.79 Å². The summed E-state index contributed by atoms with van der Waals surface area (Å²) in [5.41, 5.74) is 1.54. The van der Waals surface area contributed by atoms with Crippen LogP contribution in [0.15, 0.2) is 16.6 Å². The van der Waals surface area contributed by atoms with Gasteiger partial charge in [-0.2, -0.15) is 0 Å². The van der Waals surface area contributed by atoms with Gasteiger partial charge in [-0.25, -0.2) is 0 Å². The maximum Gasteiger partial charge on any atom is 0.307 e. The molecule has 0 atom stereocenters. The Morgan fingerprint density at radius 2 is 2.33 bits per heavy atom. The molecular formula is C10H9BrO4. The highest BCUT2D eigenvalue weighted by atomic mass is 79.9. The van der Waals surface area contributed by atoms with E-state index in [1.807, 2.05) is 6.07 Å². The molecule has 0 fully saturated rings. The average Bonchev–Trinajstić information content (AvgIpc) is 2.22. The van der Waals surface area contributed by atoms with E-state index < -0.39 is 5.97 Å². The molecule has 2 rings (SSSR count). The van der Waals surface area contributed by atoms with E-state index in [1.165, 1.54) is 0 Å². The van der Waals surface area contributed by atoms with Crippen molar-refractivity contribution in [2.75, 3.05) is 6.79 Å². The van der Waals surface area contributed by atoms with Gasteiger partial charge in [0, 0.05) is 10.0 Å². The van der Waals surface area contributed by atoms with Crippen molar-refractivity contribution in [3.8, 4) is 5.75 Å². The molecule has 0 aromatic heterocycles. The molecule has 1 heterocycles. The molecule has 0 amide bonds. The van der Waals surface area contributed by atoms with Crippen LogP contribution in [-0.2, 0) is 22.6 Å². The molecule has 1 aromatic carbocycles. The topological polar surface area (TPSA) is 55.8 Å². The number of benzene rings is 1. The van der Waals surface area contributed by atoms with Crippen LogP contribution in [0.4, 0.5) is 0 Å². The van der Waals surface area contributed by atoms with Gasteiger partial charge in [-0.05, 0) is 17.7 Å². The van der Waals surface area contributed by atoms with Gasteiger partial charge < -0.3 is 14.6 Å². The smallest absolute Gasteiger partial charge is 0.307 e. The van der Waals surface area contributed by atoms with Gasteiger partial charge in [0.2, 0.25) is 0 Å². The molecule has 1 N–H and O–H groups in total. The summed E-state index contributed by atoms with van der Waals surface area (Å²) in [6.45, 7) is 0.624. The van der Waals surface area contributed by atoms with Gasteiger partial charge in [-0.3, -0.25) is 4.79 Å². The fourth-order valence-corrected chi connectivity index (χ4v) is 2.04. The van der Waals surface area contributed by atoms with Crippen molar-refractivity contribution < 1.29 is 19.4 Å². The zero-order valence-corrected chi connectivity index (χ0v) is 9.41. The molecule has 1 aliphatic heterocycles. The molecule has 0 bridgehead atoms. The van der Waals surface area contributed by atoms with Gasteiger partial charge in [0.05, 0.1) is 13.0 Å². The Balaban J connectivity index is 2.45. The van der Waals surface area contributed by atoms with Crippen LogP contribution < -0.4 is 4.74 Å². The van der Waals surface area contributed by atoms with E-state index in [1.54, 1.807) is 6.07 Å². The molecule has 0 aliphatic carbocycles. The third-order valence-corrected chi connectivity index (χ3v) is 2.95. The van der Waals surface area contributed by atoms with E-state index in [-0.39, 0.29) is 13.2 Å². The van der Waals surface area contributed by atoms with E-state index in [0.717, 1.165) is 15.6 Å². The van der Waals surface area contributed by atoms with Crippen molar-refractivity contribution in [2.45, 2.75) is 13.0 Å². The highest BCUT2D eigenvalue weighted by molar-refractivity contribution is 9.10. The van der Waals surface area contributed by atoms with Crippen molar-refractivity contribution in [3.05, 3.63) is 27.7 Å². The Labute approximate surface area is 94.9 Å². The van der Waals surface area contributed by atoms with Crippen LogP contribution in [0.25, 0.3) is 0 Å². The average molecular weight is 273 g/mol. The fourth-order valence-electron chi connectivity index (χ4n) is 1.53. The van der Waals surface area contributed by atoms with Crippen LogP contribution in [0, 0.1) is 0 Å². The summed E-state index contributed by atoms with van der Waals surface area (Å²) in [6, 6.07) is 3.61. The molecule has 80 valence electrons. The quantitative estimate of drug-likeness (QED) is 0.894. The number of carboxylic acid groups (broad SMARTS) is 1. The van der Waals surface area contributed by atoms with Crippen LogP contribution in [0.2, 0.25) is 0 Å². The summed E-state index contributed by atoms with van der Waals surface area (Å²) in [4.78, 5) is 10.7. The second kappa shape index (κ2) is 4.20. The number of rotatable bonds is 2. The maximum absolute atomic E-state index is 10.7. The first kappa shape index (κ1) is 10.4. The second-order valence-corrected chi connectivity index (χ2v) is 4.04. The van der Waals surface area contributed by atoms with Gasteiger partial charge in [0.1, 0.15) is 5.75 Å². The van der Waals surface area contributed by atoms with Crippen molar-refractivity contribution in [1.29, 1.82) is 0 Å². The first-order chi connectivity index (χ1) is 7.18. The van der Waals surface area contributed by atoms with Gasteiger partial charge in [-0.1, -0.05) is 15.9 Å². The highest BCUT2D eigenvalue weighted by Crippen LogP contribution is 2.32. The molecule has 0 radical (unpaired) electrons. The van der Waals surface area contributed by atoms with Crippen molar-refractivity contribution >= 4 is 21.9 Å². The van der Waals surface area contributed by atoms with E-state index in [0.29, 0.717) is 12.4 Å². The summed E-state index contributed by atoms with van der Waals surface area (Å²) in [6.07, 6.45) is -0.0313. The van der Waals surface area contributed by atoms with Crippen molar-refractivity contribution in [3.63, 3.8) is 0 Å². The minimum Gasteiger partial charge on any atom is -0.481 e. The second-order valence-electron chi connectivity index (χ2n) is 3.18. The Morgan fingerprint density at radius 1 is 1.53 bits per heavy atom. The lowest BCUT2D eigenvalue weighted by atomic mass is 10.0. The van der Waals surface area contributed by atoms with Crippen LogP contribution in [0.1, 0.15) is 11.1 Å². The number of fused-ring (bicyclic) bond motifs is 1. The summed E-state index contributed by atoms with van der Waals surface area (Å²) >= 11 is 3.33.